The van der Waals surface area contributed by atoms with Crippen molar-refractivity contribution in [2.24, 2.45) is 5.41 Å². The van der Waals surface area contributed by atoms with E-state index in [2.05, 4.69) is 10.2 Å². The molecule has 102 valence electrons. The van der Waals surface area contributed by atoms with Crippen molar-refractivity contribution >= 4 is 11.9 Å². The van der Waals surface area contributed by atoms with E-state index in [4.69, 9.17) is 0 Å². The average Bonchev–Trinajstić information content (AvgIpc) is 2.47. The Bertz CT molecular complexity index is 477. The van der Waals surface area contributed by atoms with E-state index in [9.17, 15) is 14.7 Å². The quantitative estimate of drug-likeness (QED) is 0.885. The molecule has 0 aromatic carbocycles. The Morgan fingerprint density at radius 3 is 2.84 bits per heavy atom. The molecule has 1 aromatic rings. The Labute approximate surface area is 111 Å². The van der Waals surface area contributed by atoms with E-state index in [1.807, 2.05) is 6.92 Å². The molecule has 2 rings (SSSR count). The van der Waals surface area contributed by atoms with Gasteiger partial charge in [-0.05, 0) is 25.3 Å². The van der Waals surface area contributed by atoms with Gasteiger partial charge >= 0.3 is 5.97 Å². The van der Waals surface area contributed by atoms with Gasteiger partial charge in [-0.2, -0.15) is 10.2 Å². The molecule has 6 heteroatoms. The number of nitrogens with zero attached hydrogens (tertiary/aromatic N) is 3. The van der Waals surface area contributed by atoms with Crippen LogP contribution in [-0.2, 0) is 4.79 Å². The summed E-state index contributed by atoms with van der Waals surface area (Å²) < 4.78 is 0. The van der Waals surface area contributed by atoms with Gasteiger partial charge in [-0.1, -0.05) is 6.92 Å². The second kappa shape index (κ2) is 5.34. The minimum absolute atomic E-state index is 0.173. The molecule has 0 saturated carbocycles. The Hall–Kier alpha value is -1.98. The van der Waals surface area contributed by atoms with E-state index in [1.54, 1.807) is 11.0 Å². The van der Waals surface area contributed by atoms with Gasteiger partial charge < -0.3 is 10.0 Å². The minimum Gasteiger partial charge on any atom is -0.481 e. The van der Waals surface area contributed by atoms with Crippen molar-refractivity contribution in [1.29, 1.82) is 0 Å². The number of amides is 1. The molecular weight excluding hydrogens is 246 g/mol. The van der Waals surface area contributed by atoms with Crippen molar-refractivity contribution in [3.63, 3.8) is 0 Å². The maximum absolute atomic E-state index is 12.3. The molecule has 0 bridgehead atoms. The summed E-state index contributed by atoms with van der Waals surface area (Å²) >= 11 is 0. The third-order valence-corrected chi connectivity index (χ3v) is 3.83. The van der Waals surface area contributed by atoms with Crippen molar-refractivity contribution in [3.05, 3.63) is 24.0 Å². The average molecular weight is 263 g/mol. The molecule has 19 heavy (non-hydrogen) atoms. The van der Waals surface area contributed by atoms with Crippen LogP contribution in [0.5, 0.6) is 0 Å². The van der Waals surface area contributed by atoms with Gasteiger partial charge in [-0.3, -0.25) is 9.59 Å². The first kappa shape index (κ1) is 13.5. The van der Waals surface area contributed by atoms with Crippen LogP contribution in [0.3, 0.4) is 0 Å². The summed E-state index contributed by atoms with van der Waals surface area (Å²) in [4.78, 5) is 25.4. The molecule has 0 aliphatic carbocycles. The predicted molar refractivity (Wildman–Crippen MR) is 67.5 cm³/mol. The molecule has 1 fully saturated rings. The number of aliphatic carboxylic acids is 1. The molecule has 1 saturated heterocycles. The number of carboxylic acid groups (broad SMARTS) is 1. The predicted octanol–water partition coefficient (Wildman–Crippen LogP) is 1.19. The molecule has 0 radical (unpaired) electrons. The summed E-state index contributed by atoms with van der Waals surface area (Å²) in [6.45, 7) is 2.71. The third kappa shape index (κ3) is 2.57. The summed E-state index contributed by atoms with van der Waals surface area (Å²) in [7, 11) is 0. The van der Waals surface area contributed by atoms with E-state index in [-0.39, 0.29) is 12.5 Å². The number of hydrogen-bond acceptors (Lipinski definition) is 4. The zero-order valence-electron chi connectivity index (χ0n) is 10.9. The van der Waals surface area contributed by atoms with Crippen molar-refractivity contribution in [1.82, 2.24) is 15.1 Å². The first-order valence-corrected chi connectivity index (χ1v) is 6.38. The fourth-order valence-corrected chi connectivity index (χ4v) is 2.52. The van der Waals surface area contributed by atoms with E-state index in [0.717, 1.165) is 0 Å². The second-order valence-corrected chi connectivity index (χ2v) is 4.90. The number of piperidine rings is 1. The van der Waals surface area contributed by atoms with Gasteiger partial charge in [0.25, 0.3) is 5.91 Å². The maximum Gasteiger partial charge on any atom is 0.311 e. The van der Waals surface area contributed by atoms with Crippen molar-refractivity contribution in [2.45, 2.75) is 26.2 Å². The fourth-order valence-electron chi connectivity index (χ4n) is 2.52. The molecular formula is C13H17N3O3. The molecule has 6 nitrogen and oxygen atoms in total. The minimum atomic E-state index is -0.819. The third-order valence-electron chi connectivity index (χ3n) is 3.83. The van der Waals surface area contributed by atoms with E-state index >= 15 is 0 Å². The topological polar surface area (TPSA) is 83.4 Å². The summed E-state index contributed by atoms with van der Waals surface area (Å²) in [5.41, 5.74) is -0.360. The van der Waals surface area contributed by atoms with Gasteiger partial charge in [0.15, 0.2) is 0 Å². The van der Waals surface area contributed by atoms with Crippen LogP contribution in [0.4, 0.5) is 0 Å². The molecule has 1 unspecified atom stereocenters. The van der Waals surface area contributed by atoms with Crippen LogP contribution in [0.2, 0.25) is 0 Å². The number of rotatable bonds is 3. The lowest BCUT2D eigenvalue weighted by Crippen LogP contribution is -2.49. The van der Waals surface area contributed by atoms with Gasteiger partial charge in [0.1, 0.15) is 0 Å². The van der Waals surface area contributed by atoms with Crippen LogP contribution >= 0.6 is 0 Å². The van der Waals surface area contributed by atoms with Gasteiger partial charge in [-0.25, -0.2) is 0 Å². The largest absolute Gasteiger partial charge is 0.481 e. The Balaban J connectivity index is 2.18. The first-order chi connectivity index (χ1) is 9.09. The number of hydrogen-bond donors (Lipinski definition) is 1. The van der Waals surface area contributed by atoms with Crippen LogP contribution in [0, 0.1) is 5.41 Å². The zero-order valence-corrected chi connectivity index (χ0v) is 10.9. The number of carbonyl (C=O) groups is 2. The molecule has 1 N–H and O–H groups in total. The van der Waals surface area contributed by atoms with Crippen LogP contribution in [0.25, 0.3) is 0 Å². The molecule has 1 aromatic heterocycles. The summed E-state index contributed by atoms with van der Waals surface area (Å²) in [5, 5.41) is 16.7. The smallest absolute Gasteiger partial charge is 0.311 e. The zero-order chi connectivity index (χ0) is 13.9. The van der Waals surface area contributed by atoms with E-state index in [0.29, 0.717) is 31.4 Å². The fraction of sp³-hybridized carbons (Fsp3) is 0.538. The van der Waals surface area contributed by atoms with E-state index < -0.39 is 11.4 Å². The second-order valence-electron chi connectivity index (χ2n) is 4.90. The number of likely N-dealkylation sites (tertiary alicyclic amines) is 1. The van der Waals surface area contributed by atoms with E-state index in [1.165, 1.54) is 12.4 Å². The molecule has 2 heterocycles. The van der Waals surface area contributed by atoms with Gasteiger partial charge in [-0.15, -0.1) is 0 Å². The lowest BCUT2D eigenvalue weighted by Gasteiger charge is -2.39. The maximum atomic E-state index is 12.3. The number of carbonyl (C=O) groups excluding carboxylic acids is 1. The summed E-state index contributed by atoms with van der Waals surface area (Å²) in [6, 6.07) is 1.60. The van der Waals surface area contributed by atoms with Crippen LogP contribution in [0.15, 0.2) is 18.5 Å². The van der Waals surface area contributed by atoms with Crippen molar-refractivity contribution < 1.29 is 14.7 Å². The Morgan fingerprint density at radius 2 is 2.26 bits per heavy atom. The number of aromatic nitrogens is 2. The molecule has 1 amide bonds. The highest BCUT2D eigenvalue weighted by Gasteiger charge is 2.42. The SMILES string of the molecule is CCC1(C(=O)O)CCCN(C(=O)c2ccnnc2)C1. The van der Waals surface area contributed by atoms with Gasteiger partial charge in [0, 0.05) is 13.1 Å². The highest BCUT2D eigenvalue weighted by molar-refractivity contribution is 5.94. The summed E-state index contributed by atoms with van der Waals surface area (Å²) in [5.74, 6) is -0.992. The number of carboxylic acids is 1. The lowest BCUT2D eigenvalue weighted by atomic mass is 9.77. The monoisotopic (exact) mass is 263 g/mol. The Kier molecular flexibility index (Phi) is 3.78. The van der Waals surface area contributed by atoms with Crippen molar-refractivity contribution in [2.75, 3.05) is 13.1 Å². The lowest BCUT2D eigenvalue weighted by molar-refractivity contribution is -0.152. The van der Waals surface area contributed by atoms with Gasteiger partial charge in [0.2, 0.25) is 0 Å². The molecule has 1 atom stereocenters. The van der Waals surface area contributed by atoms with Crippen LogP contribution in [-0.4, -0.2) is 45.2 Å². The highest BCUT2D eigenvalue weighted by atomic mass is 16.4. The first-order valence-electron chi connectivity index (χ1n) is 6.38. The van der Waals surface area contributed by atoms with Gasteiger partial charge in [0.05, 0.1) is 23.4 Å². The molecule has 0 spiro atoms. The van der Waals surface area contributed by atoms with Crippen molar-refractivity contribution in [3.8, 4) is 0 Å². The normalized spacial score (nSPS) is 23.1. The Morgan fingerprint density at radius 1 is 1.47 bits per heavy atom. The van der Waals surface area contributed by atoms with Crippen LogP contribution in [0.1, 0.15) is 36.5 Å². The molecule has 1 aliphatic rings. The highest BCUT2D eigenvalue weighted by Crippen LogP contribution is 2.34. The summed E-state index contributed by atoms with van der Waals surface area (Å²) in [6.07, 6.45) is 4.73. The standard InChI is InChI=1S/C13H17N3O3/c1-2-13(12(18)19)5-3-7-16(9-13)11(17)10-4-6-14-15-8-10/h4,6,8H,2-3,5,7,9H2,1H3,(H,18,19). The van der Waals surface area contributed by atoms with Crippen LogP contribution < -0.4 is 0 Å². The molecule has 1 aliphatic heterocycles.